The van der Waals surface area contributed by atoms with Gasteiger partial charge in [0.2, 0.25) is 0 Å². The number of halogens is 1. The maximum Gasteiger partial charge on any atom is 0.274 e. The zero-order valence-electron chi connectivity index (χ0n) is 12.5. The van der Waals surface area contributed by atoms with Crippen molar-refractivity contribution in [2.24, 2.45) is 0 Å². The maximum absolute atomic E-state index is 12.4. The number of benzene rings is 1. The average Bonchev–Trinajstić information content (AvgIpc) is 3.05. The summed E-state index contributed by atoms with van der Waals surface area (Å²) in [4.78, 5) is 19.1. The van der Waals surface area contributed by atoms with Crippen molar-refractivity contribution in [2.45, 2.75) is 19.8 Å². The van der Waals surface area contributed by atoms with Crippen molar-refractivity contribution in [3.63, 3.8) is 0 Å². The van der Waals surface area contributed by atoms with Gasteiger partial charge in [0.25, 0.3) is 5.91 Å². The second kappa shape index (κ2) is 6.36. The van der Waals surface area contributed by atoms with Gasteiger partial charge in [0.1, 0.15) is 11.5 Å². The molecule has 1 saturated heterocycles. The van der Waals surface area contributed by atoms with Gasteiger partial charge in [-0.1, -0.05) is 23.7 Å². The lowest BCUT2D eigenvalue weighted by Gasteiger charge is -2.17. The first-order chi connectivity index (χ1) is 10.6. The van der Waals surface area contributed by atoms with E-state index >= 15 is 0 Å². The van der Waals surface area contributed by atoms with Gasteiger partial charge >= 0.3 is 0 Å². The summed E-state index contributed by atoms with van der Waals surface area (Å²) in [6.07, 6.45) is 2.36. The van der Waals surface area contributed by atoms with E-state index in [-0.39, 0.29) is 5.91 Å². The van der Waals surface area contributed by atoms with Crippen LogP contribution >= 0.6 is 11.6 Å². The Hall–Kier alpha value is -2.07. The minimum atomic E-state index is -0.216. The standard InChI is InChI=1S/C17H18ClN3O/c1-12-7-8-13(18)11-15(12)20-17(22)14-5-4-6-16(19-14)21-9-2-3-10-21/h4-8,11H,2-3,9-10H2,1H3,(H,20,22). The van der Waals surface area contributed by atoms with Gasteiger partial charge in [-0.3, -0.25) is 4.79 Å². The highest BCUT2D eigenvalue weighted by atomic mass is 35.5. The van der Waals surface area contributed by atoms with E-state index in [1.807, 2.05) is 25.1 Å². The molecule has 1 fully saturated rings. The molecule has 22 heavy (non-hydrogen) atoms. The zero-order valence-corrected chi connectivity index (χ0v) is 13.2. The van der Waals surface area contributed by atoms with Crippen LogP contribution in [0.1, 0.15) is 28.9 Å². The number of hydrogen-bond donors (Lipinski definition) is 1. The predicted octanol–water partition coefficient (Wildman–Crippen LogP) is 3.90. The van der Waals surface area contributed by atoms with Crippen LogP contribution in [0.2, 0.25) is 5.02 Å². The maximum atomic E-state index is 12.4. The van der Waals surface area contributed by atoms with Crippen LogP contribution in [-0.2, 0) is 0 Å². The van der Waals surface area contributed by atoms with Crippen LogP contribution in [0.3, 0.4) is 0 Å². The lowest BCUT2D eigenvalue weighted by Crippen LogP contribution is -2.21. The van der Waals surface area contributed by atoms with Crippen LogP contribution < -0.4 is 10.2 Å². The second-order valence-corrected chi connectivity index (χ2v) is 5.92. The largest absolute Gasteiger partial charge is 0.357 e. The summed E-state index contributed by atoms with van der Waals surface area (Å²) in [7, 11) is 0. The summed E-state index contributed by atoms with van der Waals surface area (Å²) in [6, 6.07) is 11.0. The number of amides is 1. The second-order valence-electron chi connectivity index (χ2n) is 5.49. The Kier molecular flexibility index (Phi) is 4.29. The van der Waals surface area contributed by atoms with Crippen LogP contribution in [0, 0.1) is 6.92 Å². The van der Waals surface area contributed by atoms with Gasteiger partial charge in [0.15, 0.2) is 0 Å². The fourth-order valence-corrected chi connectivity index (χ4v) is 2.76. The van der Waals surface area contributed by atoms with E-state index < -0.39 is 0 Å². The lowest BCUT2D eigenvalue weighted by atomic mass is 10.2. The molecule has 1 N–H and O–H groups in total. The number of carbonyl (C=O) groups excluding carboxylic acids is 1. The number of pyridine rings is 1. The van der Waals surface area contributed by atoms with Crippen molar-refractivity contribution < 1.29 is 4.79 Å². The minimum absolute atomic E-state index is 0.216. The van der Waals surface area contributed by atoms with E-state index in [1.165, 1.54) is 12.8 Å². The van der Waals surface area contributed by atoms with Gasteiger partial charge in [-0.15, -0.1) is 0 Å². The number of carbonyl (C=O) groups is 1. The molecule has 0 saturated carbocycles. The van der Waals surface area contributed by atoms with Gasteiger partial charge in [-0.25, -0.2) is 4.98 Å². The third-order valence-corrected chi connectivity index (χ3v) is 4.08. The third-order valence-electron chi connectivity index (χ3n) is 3.84. The Morgan fingerprint density at radius 3 is 2.77 bits per heavy atom. The molecule has 1 aromatic heterocycles. The smallest absolute Gasteiger partial charge is 0.274 e. The highest BCUT2D eigenvalue weighted by Gasteiger charge is 2.16. The summed E-state index contributed by atoms with van der Waals surface area (Å²) in [5.74, 6) is 0.652. The Bertz CT molecular complexity index is 696. The molecule has 2 heterocycles. The molecule has 3 rings (SSSR count). The third kappa shape index (κ3) is 3.22. The average molecular weight is 316 g/mol. The van der Waals surface area contributed by atoms with Crippen LogP contribution in [0.5, 0.6) is 0 Å². The van der Waals surface area contributed by atoms with Gasteiger partial charge in [0, 0.05) is 23.8 Å². The molecule has 1 aliphatic heterocycles. The van der Waals surface area contributed by atoms with Crippen molar-refractivity contribution in [3.05, 3.63) is 52.7 Å². The molecule has 0 spiro atoms. The topological polar surface area (TPSA) is 45.2 Å². The van der Waals surface area contributed by atoms with E-state index in [4.69, 9.17) is 11.6 Å². The van der Waals surface area contributed by atoms with Gasteiger partial charge in [-0.05, 0) is 49.6 Å². The van der Waals surface area contributed by atoms with Crippen LogP contribution in [-0.4, -0.2) is 24.0 Å². The lowest BCUT2D eigenvalue weighted by molar-refractivity contribution is 0.102. The summed E-state index contributed by atoms with van der Waals surface area (Å²) >= 11 is 5.98. The minimum Gasteiger partial charge on any atom is -0.357 e. The Labute approximate surface area is 135 Å². The Balaban J connectivity index is 1.80. The highest BCUT2D eigenvalue weighted by molar-refractivity contribution is 6.31. The number of aromatic nitrogens is 1. The highest BCUT2D eigenvalue weighted by Crippen LogP contribution is 2.22. The first kappa shape index (κ1) is 14.9. The zero-order chi connectivity index (χ0) is 15.5. The molecule has 5 heteroatoms. The summed E-state index contributed by atoms with van der Waals surface area (Å²) < 4.78 is 0. The van der Waals surface area contributed by atoms with E-state index in [2.05, 4.69) is 15.2 Å². The van der Waals surface area contributed by atoms with E-state index in [0.717, 1.165) is 24.5 Å². The molecule has 0 bridgehead atoms. The van der Waals surface area contributed by atoms with Crippen molar-refractivity contribution in [2.75, 3.05) is 23.3 Å². The fraction of sp³-hybridized carbons (Fsp3) is 0.294. The van der Waals surface area contributed by atoms with E-state index in [0.29, 0.717) is 16.4 Å². The van der Waals surface area contributed by atoms with Crippen LogP contribution in [0.4, 0.5) is 11.5 Å². The van der Waals surface area contributed by atoms with Gasteiger partial charge in [0.05, 0.1) is 0 Å². The normalized spacial score (nSPS) is 14.2. The molecular weight excluding hydrogens is 298 g/mol. The molecular formula is C17H18ClN3O. The summed E-state index contributed by atoms with van der Waals surface area (Å²) in [5.41, 5.74) is 2.10. The summed E-state index contributed by atoms with van der Waals surface area (Å²) in [6.45, 7) is 3.94. The number of aryl methyl sites for hydroxylation is 1. The van der Waals surface area contributed by atoms with Crippen LogP contribution in [0.25, 0.3) is 0 Å². The molecule has 0 unspecified atom stereocenters. The fourth-order valence-electron chi connectivity index (χ4n) is 2.59. The number of nitrogens with zero attached hydrogens (tertiary/aromatic N) is 2. The van der Waals surface area contributed by atoms with E-state index in [9.17, 15) is 4.79 Å². The van der Waals surface area contributed by atoms with E-state index in [1.54, 1.807) is 18.2 Å². The van der Waals surface area contributed by atoms with Gasteiger partial charge < -0.3 is 10.2 Å². The molecule has 4 nitrogen and oxygen atoms in total. The molecule has 1 aromatic carbocycles. The van der Waals surface area contributed by atoms with Crippen molar-refractivity contribution >= 4 is 29.0 Å². The van der Waals surface area contributed by atoms with Crippen molar-refractivity contribution in [3.8, 4) is 0 Å². The Morgan fingerprint density at radius 2 is 2.00 bits per heavy atom. The molecule has 0 atom stereocenters. The summed E-state index contributed by atoms with van der Waals surface area (Å²) in [5, 5.41) is 3.48. The molecule has 1 amide bonds. The van der Waals surface area contributed by atoms with Gasteiger partial charge in [-0.2, -0.15) is 0 Å². The van der Waals surface area contributed by atoms with Crippen molar-refractivity contribution in [1.29, 1.82) is 0 Å². The Morgan fingerprint density at radius 1 is 1.23 bits per heavy atom. The predicted molar refractivity (Wildman–Crippen MR) is 89.8 cm³/mol. The molecule has 114 valence electrons. The van der Waals surface area contributed by atoms with Crippen molar-refractivity contribution in [1.82, 2.24) is 4.98 Å². The monoisotopic (exact) mass is 315 g/mol. The molecule has 2 aromatic rings. The quantitative estimate of drug-likeness (QED) is 0.934. The first-order valence-corrected chi connectivity index (χ1v) is 7.81. The van der Waals surface area contributed by atoms with Crippen LogP contribution in [0.15, 0.2) is 36.4 Å². The molecule has 0 aliphatic carbocycles. The number of anilines is 2. The number of nitrogens with one attached hydrogen (secondary N) is 1. The molecule has 0 radical (unpaired) electrons. The molecule has 1 aliphatic rings. The number of rotatable bonds is 3. The first-order valence-electron chi connectivity index (χ1n) is 7.43. The number of hydrogen-bond acceptors (Lipinski definition) is 3. The SMILES string of the molecule is Cc1ccc(Cl)cc1NC(=O)c1cccc(N2CCCC2)n1.